The summed E-state index contributed by atoms with van der Waals surface area (Å²) in [6.45, 7) is 1.10. The Bertz CT molecular complexity index is 302. The summed E-state index contributed by atoms with van der Waals surface area (Å²) in [5.74, 6) is -0.235. The predicted octanol–water partition coefficient (Wildman–Crippen LogP) is 1.24. The molecule has 15 heavy (non-hydrogen) atoms. The zero-order chi connectivity index (χ0) is 11.3. The van der Waals surface area contributed by atoms with Crippen LogP contribution in [0.15, 0.2) is 24.3 Å². The number of halogens is 1. The Morgan fingerprint density at radius 1 is 1.53 bits per heavy atom. The normalized spacial score (nSPS) is 12.5. The molecular weight excluding hydrogens is 195 g/mol. The van der Waals surface area contributed by atoms with Gasteiger partial charge in [0.05, 0.1) is 6.10 Å². The third-order valence-electron chi connectivity index (χ3n) is 2.32. The molecule has 0 heterocycles. The molecule has 1 aromatic rings. The van der Waals surface area contributed by atoms with Gasteiger partial charge in [-0.25, -0.2) is 4.39 Å². The molecule has 1 atom stereocenters. The van der Waals surface area contributed by atoms with Gasteiger partial charge >= 0.3 is 0 Å². The number of hydrogen-bond acceptors (Lipinski definition) is 3. The molecule has 84 valence electrons. The molecule has 3 nitrogen and oxygen atoms in total. The van der Waals surface area contributed by atoms with Gasteiger partial charge in [0.1, 0.15) is 5.82 Å². The van der Waals surface area contributed by atoms with E-state index in [1.54, 1.807) is 13.2 Å². The van der Waals surface area contributed by atoms with Gasteiger partial charge in [-0.15, -0.1) is 0 Å². The van der Waals surface area contributed by atoms with Crippen LogP contribution in [0, 0.1) is 5.82 Å². The predicted molar refractivity (Wildman–Crippen MR) is 59.5 cm³/mol. The molecule has 0 saturated carbocycles. The van der Waals surface area contributed by atoms with Crippen LogP contribution < -0.4 is 10.6 Å². The van der Waals surface area contributed by atoms with Crippen molar-refractivity contribution in [1.82, 2.24) is 0 Å². The molecule has 0 fully saturated rings. The molecule has 0 aromatic heterocycles. The SMILES string of the molecule is COC(CN)CN(C)c1cccc(F)c1. The lowest BCUT2D eigenvalue weighted by atomic mass is 10.2. The van der Waals surface area contributed by atoms with Gasteiger partial charge in [-0.05, 0) is 18.2 Å². The zero-order valence-corrected chi connectivity index (χ0v) is 9.11. The average Bonchev–Trinajstić information content (AvgIpc) is 2.25. The van der Waals surface area contributed by atoms with Crippen LogP contribution in [0.3, 0.4) is 0 Å². The monoisotopic (exact) mass is 212 g/mol. The molecule has 0 aliphatic carbocycles. The van der Waals surface area contributed by atoms with E-state index < -0.39 is 0 Å². The van der Waals surface area contributed by atoms with Crippen LogP contribution in [-0.2, 0) is 4.74 Å². The second-order valence-electron chi connectivity index (χ2n) is 3.45. The van der Waals surface area contributed by atoms with Crippen molar-refractivity contribution >= 4 is 5.69 Å². The van der Waals surface area contributed by atoms with Gasteiger partial charge in [0.2, 0.25) is 0 Å². The van der Waals surface area contributed by atoms with Crippen molar-refractivity contribution in [3.63, 3.8) is 0 Å². The Kier molecular flexibility index (Phi) is 4.52. The van der Waals surface area contributed by atoms with Crippen LogP contribution in [0.4, 0.5) is 10.1 Å². The van der Waals surface area contributed by atoms with E-state index in [2.05, 4.69) is 0 Å². The molecule has 0 aliphatic rings. The Morgan fingerprint density at radius 2 is 2.27 bits per heavy atom. The summed E-state index contributed by atoms with van der Waals surface area (Å²) < 4.78 is 18.1. The number of ether oxygens (including phenoxy) is 1. The molecule has 0 aliphatic heterocycles. The van der Waals surface area contributed by atoms with Gasteiger partial charge in [0.25, 0.3) is 0 Å². The number of benzene rings is 1. The fraction of sp³-hybridized carbons (Fsp3) is 0.455. The maximum atomic E-state index is 12.9. The first-order valence-electron chi connectivity index (χ1n) is 4.87. The number of nitrogens with zero attached hydrogens (tertiary/aromatic N) is 1. The van der Waals surface area contributed by atoms with E-state index in [0.717, 1.165) is 5.69 Å². The molecule has 0 spiro atoms. The molecule has 1 rings (SSSR count). The average molecular weight is 212 g/mol. The smallest absolute Gasteiger partial charge is 0.125 e. The molecule has 1 unspecified atom stereocenters. The highest BCUT2D eigenvalue weighted by Crippen LogP contribution is 2.14. The Labute approximate surface area is 89.6 Å². The highest BCUT2D eigenvalue weighted by Gasteiger charge is 2.09. The molecule has 0 saturated heterocycles. The maximum Gasteiger partial charge on any atom is 0.125 e. The fourth-order valence-electron chi connectivity index (χ4n) is 1.37. The van der Waals surface area contributed by atoms with E-state index in [1.165, 1.54) is 12.1 Å². The fourth-order valence-corrected chi connectivity index (χ4v) is 1.37. The minimum atomic E-state index is -0.235. The molecule has 1 aromatic carbocycles. The van der Waals surface area contributed by atoms with Crippen molar-refractivity contribution in [3.05, 3.63) is 30.1 Å². The quantitative estimate of drug-likeness (QED) is 0.798. The van der Waals surface area contributed by atoms with E-state index in [9.17, 15) is 4.39 Å². The lowest BCUT2D eigenvalue weighted by molar-refractivity contribution is 0.115. The number of nitrogens with two attached hydrogens (primary N) is 1. The molecular formula is C11H17FN2O. The summed E-state index contributed by atoms with van der Waals surface area (Å²) in [7, 11) is 3.51. The van der Waals surface area contributed by atoms with Gasteiger partial charge in [0.15, 0.2) is 0 Å². The highest BCUT2D eigenvalue weighted by atomic mass is 19.1. The van der Waals surface area contributed by atoms with Crippen molar-refractivity contribution < 1.29 is 9.13 Å². The van der Waals surface area contributed by atoms with Gasteiger partial charge in [-0.2, -0.15) is 0 Å². The third kappa shape index (κ3) is 3.49. The summed E-state index contributed by atoms with van der Waals surface area (Å²) in [5, 5.41) is 0. The Morgan fingerprint density at radius 3 is 2.80 bits per heavy atom. The van der Waals surface area contributed by atoms with Gasteiger partial charge < -0.3 is 15.4 Å². The van der Waals surface area contributed by atoms with Crippen molar-refractivity contribution in [3.8, 4) is 0 Å². The number of likely N-dealkylation sites (N-methyl/N-ethyl adjacent to an activating group) is 1. The summed E-state index contributed by atoms with van der Waals surface area (Å²) in [6.07, 6.45) is -0.0294. The van der Waals surface area contributed by atoms with E-state index in [4.69, 9.17) is 10.5 Å². The van der Waals surface area contributed by atoms with Gasteiger partial charge in [-0.1, -0.05) is 6.07 Å². The van der Waals surface area contributed by atoms with Crippen molar-refractivity contribution in [2.45, 2.75) is 6.10 Å². The van der Waals surface area contributed by atoms with Crippen LogP contribution in [0.5, 0.6) is 0 Å². The van der Waals surface area contributed by atoms with E-state index in [-0.39, 0.29) is 11.9 Å². The van der Waals surface area contributed by atoms with Gasteiger partial charge in [0, 0.05) is 32.9 Å². The zero-order valence-electron chi connectivity index (χ0n) is 9.11. The van der Waals surface area contributed by atoms with Gasteiger partial charge in [-0.3, -0.25) is 0 Å². The maximum absolute atomic E-state index is 12.9. The van der Waals surface area contributed by atoms with E-state index in [1.807, 2.05) is 18.0 Å². The first kappa shape index (κ1) is 11.9. The van der Waals surface area contributed by atoms with E-state index >= 15 is 0 Å². The molecule has 0 amide bonds. The van der Waals surface area contributed by atoms with Crippen LogP contribution in [0.25, 0.3) is 0 Å². The lowest BCUT2D eigenvalue weighted by Gasteiger charge is -2.24. The van der Waals surface area contributed by atoms with Crippen molar-refractivity contribution in [2.75, 3.05) is 32.1 Å². The molecule has 0 bridgehead atoms. The second kappa shape index (κ2) is 5.68. The van der Waals surface area contributed by atoms with Crippen LogP contribution in [0.2, 0.25) is 0 Å². The molecule has 2 N–H and O–H groups in total. The standard InChI is InChI=1S/C11H17FN2O/c1-14(8-11(7-13)15-2)10-5-3-4-9(12)6-10/h3-6,11H,7-8,13H2,1-2H3. The topological polar surface area (TPSA) is 38.5 Å². The van der Waals surface area contributed by atoms with Crippen molar-refractivity contribution in [2.24, 2.45) is 5.73 Å². The summed E-state index contributed by atoms with van der Waals surface area (Å²) >= 11 is 0. The van der Waals surface area contributed by atoms with Crippen LogP contribution >= 0.6 is 0 Å². The number of anilines is 1. The Hall–Kier alpha value is -1.13. The summed E-state index contributed by atoms with van der Waals surface area (Å²) in [6, 6.07) is 6.45. The summed E-state index contributed by atoms with van der Waals surface area (Å²) in [5.41, 5.74) is 6.34. The van der Waals surface area contributed by atoms with Crippen LogP contribution in [-0.4, -0.2) is 33.4 Å². The molecule has 0 radical (unpaired) electrons. The minimum Gasteiger partial charge on any atom is -0.378 e. The highest BCUT2D eigenvalue weighted by molar-refractivity contribution is 5.45. The number of methoxy groups -OCH3 is 1. The molecule has 4 heteroatoms. The van der Waals surface area contributed by atoms with E-state index in [0.29, 0.717) is 13.1 Å². The van der Waals surface area contributed by atoms with Crippen molar-refractivity contribution in [1.29, 1.82) is 0 Å². The number of rotatable bonds is 5. The number of hydrogen-bond donors (Lipinski definition) is 1. The first-order valence-corrected chi connectivity index (χ1v) is 4.87. The summed E-state index contributed by atoms with van der Waals surface area (Å²) in [4.78, 5) is 1.92. The third-order valence-corrected chi connectivity index (χ3v) is 2.32. The minimum absolute atomic E-state index is 0.0294. The largest absolute Gasteiger partial charge is 0.378 e. The first-order chi connectivity index (χ1) is 7.17. The second-order valence-corrected chi connectivity index (χ2v) is 3.45. The van der Waals surface area contributed by atoms with Crippen LogP contribution in [0.1, 0.15) is 0 Å². The Balaban J connectivity index is 2.64. The lowest BCUT2D eigenvalue weighted by Crippen LogP contribution is -2.35.